The molecule has 3 unspecified atom stereocenters. The summed E-state index contributed by atoms with van der Waals surface area (Å²) in [5.41, 5.74) is 17.5. The number of amides is 1. The van der Waals surface area contributed by atoms with Crippen molar-refractivity contribution in [3.63, 3.8) is 0 Å². The molecule has 1 amide bonds. The van der Waals surface area contributed by atoms with Gasteiger partial charge in [-0.3, -0.25) is 19.4 Å². The largest absolute Gasteiger partial charge is 0.491 e. The Balaban J connectivity index is 0.00000120. The first kappa shape index (κ1) is 68.3. The minimum Gasteiger partial charge on any atom is -0.491 e. The van der Waals surface area contributed by atoms with E-state index in [0.29, 0.717) is 109 Å². The number of pyridine rings is 1. The molecule has 0 radical (unpaired) electrons. The normalized spacial score (nSPS) is 12.6. The first-order valence-corrected chi connectivity index (χ1v) is 26.8. The number of primary amides is 1. The van der Waals surface area contributed by atoms with E-state index < -0.39 is 0 Å². The van der Waals surface area contributed by atoms with Crippen molar-refractivity contribution in [2.45, 2.75) is 112 Å². The van der Waals surface area contributed by atoms with Crippen molar-refractivity contribution in [2.24, 2.45) is 23.3 Å². The van der Waals surface area contributed by atoms with E-state index in [1.165, 1.54) is 21.1 Å². The maximum absolute atomic E-state index is 12.5. The number of aromatic nitrogens is 1. The van der Waals surface area contributed by atoms with Crippen LogP contribution in [0.2, 0.25) is 0 Å². The van der Waals surface area contributed by atoms with Crippen molar-refractivity contribution in [2.75, 3.05) is 98.3 Å². The number of hydrogen-bond donors (Lipinski definition) is 3. The molecule has 0 fully saturated rings. The predicted octanol–water partition coefficient (Wildman–Crippen LogP) is 10.8. The molecular weight excluding hydrogens is 945 g/mol. The molecule has 410 valence electrons. The lowest BCUT2D eigenvalue weighted by Gasteiger charge is -2.16. The third kappa shape index (κ3) is 30.3. The van der Waals surface area contributed by atoms with Gasteiger partial charge in [-0.15, -0.1) is 0 Å². The van der Waals surface area contributed by atoms with Gasteiger partial charge in [0.1, 0.15) is 12.4 Å². The van der Waals surface area contributed by atoms with Crippen LogP contribution in [-0.2, 0) is 28.5 Å². The Morgan fingerprint density at radius 2 is 1.41 bits per heavy atom. The lowest BCUT2D eigenvalue weighted by molar-refractivity contribution is -0.121. The van der Waals surface area contributed by atoms with Crippen LogP contribution in [0.3, 0.4) is 0 Å². The van der Waals surface area contributed by atoms with E-state index in [9.17, 15) is 14.4 Å². The number of anilines is 1. The number of carbonyl (C=O) groups is 3. The molecule has 0 aliphatic carbocycles. The molecule has 0 spiro atoms. The number of aryl methyl sites for hydroxylation is 1. The summed E-state index contributed by atoms with van der Waals surface area (Å²) in [5.74, 6) is -0.191. The molecule has 0 saturated carbocycles. The number of hydrogen-bond acceptors (Lipinski definition) is 14. The van der Waals surface area contributed by atoms with E-state index in [-0.39, 0.29) is 36.2 Å². The number of ketones is 1. The van der Waals surface area contributed by atoms with E-state index in [0.717, 1.165) is 36.1 Å². The van der Waals surface area contributed by atoms with E-state index in [4.69, 9.17) is 50.0 Å². The van der Waals surface area contributed by atoms with Crippen LogP contribution in [-0.4, -0.2) is 127 Å². The highest BCUT2D eigenvalue weighted by molar-refractivity contribution is 8.08. The maximum atomic E-state index is 12.5. The summed E-state index contributed by atoms with van der Waals surface area (Å²) in [6.45, 7) is 25.6. The zero-order chi connectivity index (χ0) is 54.8. The fourth-order valence-electron chi connectivity index (χ4n) is 6.18. The van der Waals surface area contributed by atoms with Crippen LogP contribution in [0.1, 0.15) is 132 Å². The number of aliphatic hydroxyl groups excluding tert-OH is 1. The van der Waals surface area contributed by atoms with Gasteiger partial charge in [-0.05, 0) is 99.6 Å². The SMILES string of the molecule is C/C=C(\C=C/C(N)CCC)c1ccc(/C(=C/CC)Sc2cc(N(C)C)ccc2C)nc1.CC.CC(CCO)C(N)=O.CCOCCOCCOCCOCCOCCOc1ccc(C=O)c(C(=O)C(C)CC)c1. The zero-order valence-corrected chi connectivity index (χ0v) is 47.2. The van der Waals surface area contributed by atoms with E-state index in [1.54, 1.807) is 36.9 Å². The van der Waals surface area contributed by atoms with Gasteiger partial charge in [0.15, 0.2) is 12.1 Å². The minimum absolute atomic E-state index is 0.0319. The highest BCUT2D eigenvalue weighted by atomic mass is 32.2. The molecule has 2 aromatic carbocycles. The van der Waals surface area contributed by atoms with Crippen molar-refractivity contribution >= 4 is 45.9 Å². The molecule has 0 aliphatic heterocycles. The average Bonchev–Trinajstić information content (AvgIpc) is 3.39. The number of carbonyl (C=O) groups excluding carboxylic acids is 3. The first-order chi connectivity index (χ1) is 35.2. The Morgan fingerprint density at radius 1 is 0.808 bits per heavy atom. The van der Waals surface area contributed by atoms with Crippen molar-refractivity contribution in [3.8, 4) is 5.75 Å². The summed E-state index contributed by atoms with van der Waals surface area (Å²) in [5, 5.41) is 8.28. The van der Waals surface area contributed by atoms with E-state index >= 15 is 0 Å². The summed E-state index contributed by atoms with van der Waals surface area (Å²) in [6.07, 6.45) is 15.5. The van der Waals surface area contributed by atoms with Gasteiger partial charge < -0.3 is 49.9 Å². The molecule has 73 heavy (non-hydrogen) atoms. The van der Waals surface area contributed by atoms with Crippen LogP contribution in [0.5, 0.6) is 5.75 Å². The standard InChI is InChI=1S/C27H37N3S.C24H38O8.C5H11NO2.C2H6/c1-7-10-23(28)15-13-21(9-3)22-14-17-25(29-19-22)26(11-8-2)31-27-18-24(30(5)6)16-12-20(27)4;1-4-20(3)24(26)23-18-22(7-6-21(23)19-25)32-17-16-31-15-14-30-13-12-29-11-10-28-9-8-27-5-2;1-4(2-3-7)5(6)8;1-2/h9,11-19,23H,7-8,10,28H2,1-6H3;6-7,18-20H,4-5,8-17H2,1-3H3;4,7H,2-3H2,1H3,(H2,6,8);1-2H3/b15-13-,21-9+,26-11-;;;. The number of benzene rings is 2. The number of aliphatic hydroxyl groups is 1. The second-order valence-electron chi connectivity index (χ2n) is 16.8. The van der Waals surface area contributed by atoms with E-state index in [1.807, 2.05) is 40.8 Å². The van der Waals surface area contributed by atoms with Crippen LogP contribution >= 0.6 is 11.8 Å². The molecule has 0 bridgehead atoms. The van der Waals surface area contributed by atoms with Crippen LogP contribution in [0.25, 0.3) is 10.5 Å². The summed E-state index contributed by atoms with van der Waals surface area (Å²) in [7, 11) is 4.15. The Kier molecular flexibility index (Phi) is 40.8. The second kappa shape index (κ2) is 43.7. The number of allylic oxidation sites excluding steroid dienone is 4. The van der Waals surface area contributed by atoms with Crippen LogP contribution in [0, 0.1) is 18.8 Å². The number of rotatable bonds is 34. The molecule has 3 atom stereocenters. The Bertz CT molecular complexity index is 2030. The maximum Gasteiger partial charge on any atom is 0.220 e. The molecule has 3 rings (SSSR count). The van der Waals surface area contributed by atoms with Gasteiger partial charge in [-0.1, -0.05) is 103 Å². The van der Waals surface area contributed by atoms with Gasteiger partial charge in [0, 0.05) is 78.0 Å². The number of Topliss-reactive ketones (excluding diaryl/α,β-unsaturated/α-hetero) is 1. The summed E-state index contributed by atoms with van der Waals surface area (Å²) in [6, 6.07) is 15.9. The number of ether oxygens (including phenoxy) is 6. The molecule has 5 N–H and O–H groups in total. The van der Waals surface area contributed by atoms with Gasteiger partial charge in [0.2, 0.25) is 5.91 Å². The molecule has 1 heterocycles. The topological polar surface area (TPSA) is 195 Å². The van der Waals surface area contributed by atoms with Crippen molar-refractivity contribution in [3.05, 3.63) is 107 Å². The lowest BCUT2D eigenvalue weighted by Crippen LogP contribution is -2.21. The minimum atomic E-state index is -0.348. The third-order valence-electron chi connectivity index (χ3n) is 10.8. The smallest absolute Gasteiger partial charge is 0.220 e. The van der Waals surface area contributed by atoms with Gasteiger partial charge >= 0.3 is 0 Å². The summed E-state index contributed by atoms with van der Waals surface area (Å²) in [4.78, 5) is 43.3. The van der Waals surface area contributed by atoms with Crippen molar-refractivity contribution < 1.29 is 47.9 Å². The summed E-state index contributed by atoms with van der Waals surface area (Å²) >= 11 is 1.79. The third-order valence-corrected chi connectivity index (χ3v) is 12.1. The lowest BCUT2D eigenvalue weighted by atomic mass is 9.94. The number of aldehydes is 1. The fraction of sp³-hybridized carbons (Fsp3) is 0.552. The fourth-order valence-corrected chi connectivity index (χ4v) is 7.30. The van der Waals surface area contributed by atoms with Crippen LogP contribution < -0.4 is 21.1 Å². The molecule has 0 aliphatic rings. The van der Waals surface area contributed by atoms with E-state index in [2.05, 4.69) is 101 Å². The van der Waals surface area contributed by atoms with Crippen LogP contribution in [0.15, 0.2) is 83.9 Å². The number of nitrogens with zero attached hydrogens (tertiary/aromatic N) is 2. The van der Waals surface area contributed by atoms with Crippen molar-refractivity contribution in [1.29, 1.82) is 0 Å². The number of thioether (sulfide) groups is 1. The Labute approximate surface area is 443 Å². The van der Waals surface area contributed by atoms with Crippen molar-refractivity contribution in [1.82, 2.24) is 4.98 Å². The van der Waals surface area contributed by atoms with Gasteiger partial charge in [0.05, 0.1) is 65.2 Å². The Hall–Kier alpha value is -4.71. The van der Waals surface area contributed by atoms with Gasteiger partial charge in [-0.2, -0.15) is 0 Å². The molecule has 3 aromatic rings. The highest BCUT2D eigenvalue weighted by Gasteiger charge is 2.18. The summed E-state index contributed by atoms with van der Waals surface area (Å²) < 4.78 is 32.5. The van der Waals surface area contributed by atoms with Gasteiger partial charge in [-0.25, -0.2) is 0 Å². The second-order valence-corrected chi connectivity index (χ2v) is 17.8. The predicted molar refractivity (Wildman–Crippen MR) is 302 cm³/mol. The Morgan fingerprint density at radius 3 is 1.88 bits per heavy atom. The quantitative estimate of drug-likeness (QED) is 0.0168. The molecule has 14 nitrogen and oxygen atoms in total. The molecule has 15 heteroatoms. The molecule has 0 saturated heterocycles. The van der Waals surface area contributed by atoms with Crippen LogP contribution in [0.4, 0.5) is 5.69 Å². The average molecular weight is 1040 g/mol. The first-order valence-electron chi connectivity index (χ1n) is 26.0. The number of nitrogens with two attached hydrogens (primary N) is 2. The monoisotopic (exact) mass is 1040 g/mol. The van der Waals surface area contributed by atoms with Gasteiger partial charge in [0.25, 0.3) is 0 Å². The highest BCUT2D eigenvalue weighted by Crippen LogP contribution is 2.37. The zero-order valence-electron chi connectivity index (χ0n) is 46.4. The molecular formula is C58H92N4O10S. The molecule has 1 aromatic heterocycles.